The lowest BCUT2D eigenvalue weighted by Crippen LogP contribution is -2.57. The highest BCUT2D eigenvalue weighted by molar-refractivity contribution is 5.40. The Kier molecular flexibility index (Phi) is 7.46. The molecule has 3 aromatic rings. The Morgan fingerprint density at radius 3 is 2.22 bits per heavy atom. The van der Waals surface area contributed by atoms with Crippen LogP contribution in [0.4, 0.5) is 0 Å². The van der Waals surface area contributed by atoms with E-state index in [1.54, 1.807) is 5.56 Å². The van der Waals surface area contributed by atoms with Crippen LogP contribution < -0.4 is 0 Å². The van der Waals surface area contributed by atoms with E-state index in [0.717, 1.165) is 26.2 Å². The first-order valence-electron chi connectivity index (χ1n) is 14.4. The molecular formula is C34H42N2O. The minimum atomic E-state index is 0.167. The molecule has 0 N–H and O–H groups in total. The van der Waals surface area contributed by atoms with Crippen LogP contribution in [-0.4, -0.2) is 42.6 Å². The van der Waals surface area contributed by atoms with E-state index in [-0.39, 0.29) is 5.41 Å². The molecule has 1 saturated carbocycles. The quantitative estimate of drug-likeness (QED) is 0.365. The summed E-state index contributed by atoms with van der Waals surface area (Å²) in [5.74, 6) is 1.26. The third kappa shape index (κ3) is 5.14. The van der Waals surface area contributed by atoms with E-state index in [0.29, 0.717) is 17.9 Å². The molecule has 0 bridgehead atoms. The predicted molar refractivity (Wildman–Crippen MR) is 151 cm³/mol. The molecule has 2 aliphatic heterocycles. The second-order valence-electron chi connectivity index (χ2n) is 11.8. The monoisotopic (exact) mass is 494 g/mol. The van der Waals surface area contributed by atoms with Crippen molar-refractivity contribution in [2.24, 2.45) is 11.8 Å². The Bertz CT molecular complexity index is 1140. The molecular weight excluding hydrogens is 452 g/mol. The van der Waals surface area contributed by atoms with E-state index in [9.17, 15) is 0 Å². The van der Waals surface area contributed by atoms with Crippen LogP contribution in [0.1, 0.15) is 54.4 Å². The van der Waals surface area contributed by atoms with E-state index in [1.165, 1.54) is 61.9 Å². The Morgan fingerprint density at radius 1 is 0.784 bits per heavy atom. The molecule has 3 heteroatoms. The number of fused-ring (bicyclic) bond motifs is 1. The molecule has 1 aliphatic carbocycles. The summed E-state index contributed by atoms with van der Waals surface area (Å²) < 4.78 is 6.79. The van der Waals surface area contributed by atoms with Crippen molar-refractivity contribution >= 4 is 0 Å². The van der Waals surface area contributed by atoms with Crippen molar-refractivity contribution < 1.29 is 4.74 Å². The number of hydrogen-bond acceptors (Lipinski definition) is 3. The number of piperidine rings is 1. The molecule has 6 rings (SSSR count). The molecule has 0 spiro atoms. The van der Waals surface area contributed by atoms with Crippen molar-refractivity contribution in [1.29, 1.82) is 0 Å². The summed E-state index contributed by atoms with van der Waals surface area (Å²) in [4.78, 5) is 5.28. The van der Waals surface area contributed by atoms with Crippen LogP contribution in [0.3, 0.4) is 0 Å². The molecule has 3 aliphatic rings. The van der Waals surface area contributed by atoms with Crippen molar-refractivity contribution in [1.82, 2.24) is 9.80 Å². The molecule has 0 unspecified atom stereocenters. The first-order valence-corrected chi connectivity index (χ1v) is 14.4. The van der Waals surface area contributed by atoms with Crippen LogP contribution in [0.5, 0.6) is 0 Å². The van der Waals surface area contributed by atoms with Gasteiger partial charge in [-0.1, -0.05) is 91.3 Å². The van der Waals surface area contributed by atoms with E-state index in [2.05, 4.69) is 102 Å². The smallest absolute Gasteiger partial charge is 0.0720 e. The summed E-state index contributed by atoms with van der Waals surface area (Å²) in [6.07, 6.45) is 6.64. The third-order valence-electron chi connectivity index (χ3n) is 9.48. The molecule has 0 amide bonds. The fraction of sp³-hybridized carbons (Fsp3) is 0.471. The molecule has 2 heterocycles. The number of ether oxygens (including phenoxy) is 1. The van der Waals surface area contributed by atoms with Gasteiger partial charge in [0.05, 0.1) is 12.7 Å². The maximum atomic E-state index is 6.79. The summed E-state index contributed by atoms with van der Waals surface area (Å²) in [6, 6.07) is 31.1. The minimum absolute atomic E-state index is 0.167. The standard InChI is InChI=1S/C34H42N2O/c1-35-24-29-15-8-9-16-31(29)34(26-35,30-19-21-36(22-20-30)23-27-11-4-2-5-12-27)32-17-10-18-33(32)37-25-28-13-6-3-7-14-28/h2-9,11-16,30,32-33H,10,17-26H2,1H3/t32-,33-,34-/m0/s1. The second-order valence-corrected chi connectivity index (χ2v) is 11.8. The summed E-state index contributed by atoms with van der Waals surface area (Å²) in [7, 11) is 2.34. The fourth-order valence-corrected chi connectivity index (χ4v) is 7.90. The number of likely N-dealkylation sites (tertiary alicyclic amines) is 1. The van der Waals surface area contributed by atoms with Crippen molar-refractivity contribution in [3.63, 3.8) is 0 Å². The van der Waals surface area contributed by atoms with Gasteiger partial charge < -0.3 is 9.64 Å². The molecule has 37 heavy (non-hydrogen) atoms. The summed E-state index contributed by atoms with van der Waals surface area (Å²) in [5, 5.41) is 0. The third-order valence-corrected chi connectivity index (χ3v) is 9.48. The van der Waals surface area contributed by atoms with Crippen molar-refractivity contribution in [3.8, 4) is 0 Å². The summed E-state index contributed by atoms with van der Waals surface area (Å²) in [6.45, 7) is 6.40. The Hall–Kier alpha value is -2.46. The van der Waals surface area contributed by atoms with E-state index >= 15 is 0 Å². The van der Waals surface area contributed by atoms with E-state index in [4.69, 9.17) is 4.74 Å². The molecule has 1 saturated heterocycles. The number of likely N-dealkylation sites (N-methyl/N-ethyl adjacent to an activating group) is 1. The molecule has 0 radical (unpaired) electrons. The maximum Gasteiger partial charge on any atom is 0.0720 e. The van der Waals surface area contributed by atoms with Gasteiger partial charge in [-0.05, 0) is 79.9 Å². The van der Waals surface area contributed by atoms with E-state index < -0.39 is 0 Å². The van der Waals surface area contributed by atoms with Crippen LogP contribution >= 0.6 is 0 Å². The first-order chi connectivity index (χ1) is 18.2. The highest BCUT2D eigenvalue weighted by Crippen LogP contribution is 2.54. The summed E-state index contributed by atoms with van der Waals surface area (Å²) >= 11 is 0. The second kappa shape index (κ2) is 11.1. The van der Waals surface area contributed by atoms with Gasteiger partial charge >= 0.3 is 0 Å². The average Bonchev–Trinajstić information content (AvgIpc) is 3.42. The van der Waals surface area contributed by atoms with Gasteiger partial charge in [0.1, 0.15) is 0 Å². The van der Waals surface area contributed by atoms with Crippen LogP contribution in [0.15, 0.2) is 84.9 Å². The first kappa shape index (κ1) is 24.9. The van der Waals surface area contributed by atoms with Crippen LogP contribution in [0.25, 0.3) is 0 Å². The predicted octanol–water partition coefficient (Wildman–Crippen LogP) is 6.67. The largest absolute Gasteiger partial charge is 0.373 e. The fourth-order valence-electron chi connectivity index (χ4n) is 7.90. The van der Waals surface area contributed by atoms with Gasteiger partial charge in [-0.25, -0.2) is 0 Å². The zero-order valence-corrected chi connectivity index (χ0v) is 22.4. The topological polar surface area (TPSA) is 15.7 Å². The van der Waals surface area contributed by atoms with Crippen molar-refractivity contribution in [2.75, 3.05) is 26.7 Å². The molecule has 3 aromatic carbocycles. The number of rotatable bonds is 7. The van der Waals surface area contributed by atoms with Gasteiger partial charge in [-0.2, -0.15) is 0 Å². The van der Waals surface area contributed by atoms with Crippen LogP contribution in [0.2, 0.25) is 0 Å². The maximum absolute atomic E-state index is 6.79. The molecule has 3 atom stereocenters. The van der Waals surface area contributed by atoms with Crippen LogP contribution in [-0.2, 0) is 29.8 Å². The molecule has 3 nitrogen and oxygen atoms in total. The van der Waals surface area contributed by atoms with Crippen LogP contribution in [0, 0.1) is 11.8 Å². The highest BCUT2D eigenvalue weighted by Gasteiger charge is 2.54. The van der Waals surface area contributed by atoms with Gasteiger partial charge in [0, 0.05) is 25.0 Å². The SMILES string of the molecule is CN1Cc2ccccc2[C@](C2CCN(Cc3ccccc3)CC2)([C@H]2CCC[C@@H]2OCc2ccccc2)C1. The van der Waals surface area contributed by atoms with Crippen molar-refractivity contribution in [2.45, 2.75) is 63.3 Å². The molecule has 194 valence electrons. The highest BCUT2D eigenvalue weighted by atomic mass is 16.5. The van der Waals surface area contributed by atoms with Gasteiger partial charge in [-0.3, -0.25) is 4.90 Å². The normalized spacial score (nSPS) is 27.3. The van der Waals surface area contributed by atoms with Gasteiger partial charge in [0.2, 0.25) is 0 Å². The molecule has 0 aromatic heterocycles. The van der Waals surface area contributed by atoms with Gasteiger partial charge in [-0.15, -0.1) is 0 Å². The van der Waals surface area contributed by atoms with Gasteiger partial charge in [0.25, 0.3) is 0 Å². The van der Waals surface area contributed by atoms with Gasteiger partial charge in [0.15, 0.2) is 0 Å². The number of hydrogen-bond donors (Lipinski definition) is 0. The Labute approximate surface area is 223 Å². The zero-order valence-electron chi connectivity index (χ0n) is 22.4. The van der Waals surface area contributed by atoms with Crippen molar-refractivity contribution in [3.05, 3.63) is 107 Å². The van der Waals surface area contributed by atoms with E-state index in [1.807, 2.05) is 0 Å². The lowest BCUT2D eigenvalue weighted by atomic mass is 9.56. The lowest BCUT2D eigenvalue weighted by molar-refractivity contribution is -0.0446. The number of nitrogens with zero attached hydrogens (tertiary/aromatic N) is 2. The average molecular weight is 495 g/mol. The Morgan fingerprint density at radius 2 is 1.46 bits per heavy atom. The summed E-state index contributed by atoms with van der Waals surface area (Å²) in [5.41, 5.74) is 6.06. The zero-order chi connectivity index (χ0) is 25.1. The Balaban J connectivity index is 1.28. The molecule has 2 fully saturated rings. The number of benzene rings is 3. The minimum Gasteiger partial charge on any atom is -0.373 e. The lowest BCUT2D eigenvalue weighted by Gasteiger charge is -2.54.